The van der Waals surface area contributed by atoms with Crippen molar-refractivity contribution in [2.75, 3.05) is 33.0 Å². The Morgan fingerprint density at radius 1 is 1.26 bits per heavy atom. The second kappa shape index (κ2) is 6.20. The quantitative estimate of drug-likeness (QED) is 0.835. The van der Waals surface area contributed by atoms with Gasteiger partial charge in [-0.15, -0.1) is 0 Å². The molecule has 7 heteroatoms. The zero-order valence-electron chi connectivity index (χ0n) is 14.1. The average Bonchev–Trinajstić information content (AvgIpc) is 3.15. The number of morpholine rings is 1. The van der Waals surface area contributed by atoms with E-state index in [-0.39, 0.29) is 16.9 Å². The Hall–Kier alpha value is -1.47. The Kier molecular flexibility index (Phi) is 4.42. The van der Waals surface area contributed by atoms with Gasteiger partial charge in [0.2, 0.25) is 11.8 Å². The summed E-state index contributed by atoms with van der Waals surface area (Å²) in [6, 6.07) is 0. The molecule has 1 spiro atoms. The molecule has 0 aliphatic carbocycles. The van der Waals surface area contributed by atoms with Gasteiger partial charge in [0.15, 0.2) is 5.82 Å². The number of nitrogens with zero attached hydrogens (tertiary/aromatic N) is 3. The van der Waals surface area contributed by atoms with Crippen molar-refractivity contribution in [3.05, 3.63) is 11.7 Å². The van der Waals surface area contributed by atoms with E-state index in [9.17, 15) is 4.79 Å². The van der Waals surface area contributed by atoms with Crippen molar-refractivity contribution in [2.24, 2.45) is 0 Å². The van der Waals surface area contributed by atoms with Crippen molar-refractivity contribution in [1.82, 2.24) is 15.0 Å². The molecule has 128 valence electrons. The van der Waals surface area contributed by atoms with Crippen LogP contribution in [-0.2, 0) is 26.1 Å². The minimum Gasteiger partial charge on any atom is -0.379 e. The first-order valence-electron chi connectivity index (χ1n) is 8.20. The van der Waals surface area contributed by atoms with Crippen LogP contribution in [0.4, 0.5) is 0 Å². The molecule has 0 aromatic carbocycles. The summed E-state index contributed by atoms with van der Waals surface area (Å²) in [6.07, 6.45) is 1.68. The predicted molar refractivity (Wildman–Crippen MR) is 82.0 cm³/mol. The van der Waals surface area contributed by atoms with Gasteiger partial charge in [-0.2, -0.15) is 4.98 Å². The van der Waals surface area contributed by atoms with Crippen LogP contribution in [0.1, 0.15) is 45.3 Å². The summed E-state index contributed by atoms with van der Waals surface area (Å²) in [5.41, 5.74) is -0.429. The fourth-order valence-corrected chi connectivity index (χ4v) is 3.06. The van der Waals surface area contributed by atoms with Crippen LogP contribution in [0.25, 0.3) is 0 Å². The Labute approximate surface area is 136 Å². The maximum absolute atomic E-state index is 12.7. The summed E-state index contributed by atoms with van der Waals surface area (Å²) < 4.78 is 16.3. The first-order chi connectivity index (χ1) is 10.9. The fourth-order valence-electron chi connectivity index (χ4n) is 3.06. The average molecular weight is 323 g/mol. The van der Waals surface area contributed by atoms with Crippen molar-refractivity contribution in [2.45, 2.75) is 51.0 Å². The van der Waals surface area contributed by atoms with E-state index in [0.29, 0.717) is 57.5 Å². The first kappa shape index (κ1) is 16.4. The molecule has 0 bridgehead atoms. The van der Waals surface area contributed by atoms with E-state index in [1.165, 1.54) is 0 Å². The maximum atomic E-state index is 12.7. The van der Waals surface area contributed by atoms with Gasteiger partial charge in [-0.05, 0) is 6.42 Å². The van der Waals surface area contributed by atoms with Crippen LogP contribution in [0.2, 0.25) is 0 Å². The van der Waals surface area contributed by atoms with E-state index in [1.54, 1.807) is 0 Å². The van der Waals surface area contributed by atoms with Crippen molar-refractivity contribution in [3.8, 4) is 0 Å². The molecule has 1 atom stereocenters. The Morgan fingerprint density at radius 2 is 2.00 bits per heavy atom. The van der Waals surface area contributed by atoms with Crippen LogP contribution >= 0.6 is 0 Å². The van der Waals surface area contributed by atoms with E-state index in [4.69, 9.17) is 14.0 Å². The highest BCUT2D eigenvalue weighted by molar-refractivity contribution is 5.77. The lowest BCUT2D eigenvalue weighted by atomic mass is 9.95. The van der Waals surface area contributed by atoms with Crippen molar-refractivity contribution in [3.63, 3.8) is 0 Å². The standard InChI is InChI=1S/C16H25N3O4/c1-15(2,3)14-17-12(23-18-14)4-5-13(20)19-7-9-22-11-16(19)6-8-21-10-16/h4-11H2,1-3H3/t16-/m1/s1. The molecule has 2 saturated heterocycles. The van der Waals surface area contributed by atoms with Crippen LogP contribution < -0.4 is 0 Å². The minimum absolute atomic E-state index is 0.106. The minimum atomic E-state index is -0.277. The van der Waals surface area contributed by atoms with Gasteiger partial charge in [0.25, 0.3) is 0 Å². The number of carbonyl (C=O) groups excluding carboxylic acids is 1. The molecule has 2 aliphatic heterocycles. The monoisotopic (exact) mass is 323 g/mol. The fraction of sp³-hybridized carbons (Fsp3) is 0.812. The molecule has 23 heavy (non-hydrogen) atoms. The maximum Gasteiger partial charge on any atom is 0.227 e. The van der Waals surface area contributed by atoms with E-state index in [2.05, 4.69) is 10.1 Å². The third-order valence-electron chi connectivity index (χ3n) is 4.48. The van der Waals surface area contributed by atoms with E-state index >= 15 is 0 Å². The third kappa shape index (κ3) is 3.40. The smallest absolute Gasteiger partial charge is 0.227 e. The molecule has 3 rings (SSSR count). The van der Waals surface area contributed by atoms with Gasteiger partial charge < -0.3 is 18.9 Å². The van der Waals surface area contributed by atoms with Gasteiger partial charge in [-0.3, -0.25) is 4.79 Å². The number of hydrogen-bond acceptors (Lipinski definition) is 6. The van der Waals surface area contributed by atoms with Crippen molar-refractivity contribution >= 4 is 5.91 Å². The highest BCUT2D eigenvalue weighted by Gasteiger charge is 2.45. The summed E-state index contributed by atoms with van der Waals surface area (Å²) >= 11 is 0. The van der Waals surface area contributed by atoms with Gasteiger partial charge >= 0.3 is 0 Å². The summed E-state index contributed by atoms with van der Waals surface area (Å²) in [4.78, 5) is 19.0. The summed E-state index contributed by atoms with van der Waals surface area (Å²) in [5, 5.41) is 4.00. The van der Waals surface area contributed by atoms with Crippen molar-refractivity contribution in [1.29, 1.82) is 0 Å². The molecule has 1 aromatic heterocycles. The number of hydrogen-bond donors (Lipinski definition) is 0. The zero-order valence-corrected chi connectivity index (χ0v) is 14.1. The molecule has 0 N–H and O–H groups in total. The van der Waals surface area contributed by atoms with Crippen LogP contribution in [0, 0.1) is 0 Å². The Morgan fingerprint density at radius 3 is 2.65 bits per heavy atom. The molecular formula is C16H25N3O4. The number of ether oxygens (including phenoxy) is 2. The van der Waals surface area contributed by atoms with Gasteiger partial charge in [-0.25, -0.2) is 0 Å². The van der Waals surface area contributed by atoms with Gasteiger partial charge in [0, 0.05) is 31.4 Å². The Bertz CT molecular complexity index is 558. The molecule has 1 aromatic rings. The van der Waals surface area contributed by atoms with Crippen LogP contribution in [0.3, 0.4) is 0 Å². The Balaban J connectivity index is 1.61. The molecule has 0 radical (unpaired) electrons. The van der Waals surface area contributed by atoms with Crippen LogP contribution in [0.5, 0.6) is 0 Å². The molecular weight excluding hydrogens is 298 g/mol. The van der Waals surface area contributed by atoms with Gasteiger partial charge in [0.1, 0.15) is 0 Å². The summed E-state index contributed by atoms with van der Waals surface area (Å²) in [5.74, 6) is 1.30. The molecule has 3 heterocycles. The number of amides is 1. The number of aryl methyl sites for hydroxylation is 1. The lowest BCUT2D eigenvalue weighted by Gasteiger charge is -2.43. The molecule has 0 saturated carbocycles. The lowest BCUT2D eigenvalue weighted by Crippen LogP contribution is -2.59. The highest BCUT2D eigenvalue weighted by Crippen LogP contribution is 2.30. The van der Waals surface area contributed by atoms with Crippen LogP contribution in [0.15, 0.2) is 4.52 Å². The lowest BCUT2D eigenvalue weighted by molar-refractivity contribution is -0.149. The SMILES string of the molecule is CC(C)(C)c1noc(CCC(=O)N2CCOC[C@]23CCOC3)n1. The number of carbonyl (C=O) groups is 1. The zero-order chi connectivity index (χ0) is 16.5. The normalized spacial score (nSPS) is 25.3. The van der Waals surface area contributed by atoms with E-state index < -0.39 is 0 Å². The number of rotatable bonds is 3. The molecule has 1 amide bonds. The predicted octanol–water partition coefficient (Wildman–Crippen LogP) is 1.32. The largest absolute Gasteiger partial charge is 0.379 e. The molecule has 7 nitrogen and oxygen atoms in total. The highest BCUT2D eigenvalue weighted by atomic mass is 16.5. The van der Waals surface area contributed by atoms with E-state index in [0.717, 1.165) is 6.42 Å². The summed E-state index contributed by atoms with van der Waals surface area (Å²) in [6.45, 7) is 9.12. The summed E-state index contributed by atoms with van der Waals surface area (Å²) in [7, 11) is 0. The molecule has 2 aliphatic rings. The number of aromatic nitrogens is 2. The topological polar surface area (TPSA) is 77.7 Å². The third-order valence-corrected chi connectivity index (χ3v) is 4.48. The van der Waals surface area contributed by atoms with Gasteiger partial charge in [0.05, 0.1) is 25.4 Å². The van der Waals surface area contributed by atoms with Crippen LogP contribution in [-0.4, -0.2) is 59.5 Å². The second-order valence-corrected chi connectivity index (χ2v) is 7.39. The van der Waals surface area contributed by atoms with Crippen molar-refractivity contribution < 1.29 is 18.8 Å². The molecule has 0 unspecified atom stereocenters. The first-order valence-corrected chi connectivity index (χ1v) is 8.20. The molecule has 2 fully saturated rings. The van der Waals surface area contributed by atoms with E-state index in [1.807, 2.05) is 25.7 Å². The van der Waals surface area contributed by atoms with Gasteiger partial charge in [-0.1, -0.05) is 25.9 Å². The second-order valence-electron chi connectivity index (χ2n) is 7.39.